The van der Waals surface area contributed by atoms with Gasteiger partial charge in [0, 0.05) is 15.5 Å². The normalized spacial score (nSPS) is 15.9. The van der Waals surface area contributed by atoms with Gasteiger partial charge in [-0.15, -0.1) is 23.5 Å². The number of benzene rings is 3. The molecule has 3 aromatic carbocycles. The van der Waals surface area contributed by atoms with Gasteiger partial charge in [-0.25, -0.2) is 0 Å². The van der Waals surface area contributed by atoms with Gasteiger partial charge in [0.25, 0.3) is 0 Å². The summed E-state index contributed by atoms with van der Waals surface area (Å²) in [4.78, 5) is 17.8. The Morgan fingerprint density at radius 2 is 1.79 bits per heavy atom. The number of nitrogens with zero attached hydrogens (tertiary/aromatic N) is 1. The highest BCUT2D eigenvalue weighted by atomic mass is 32.2. The van der Waals surface area contributed by atoms with Gasteiger partial charge in [-0.1, -0.05) is 60.2 Å². The standard InChI is InChI=1S/C24H23NOS2/c1-17-12-13-18(2)23(14-17)28-16-24(26)25-20-10-6-7-11-22(20)27-15-21(25)19-8-4-3-5-9-19/h3-14,21H,15-16H2,1-2H3/t21-/m0/s1. The monoisotopic (exact) mass is 405 g/mol. The summed E-state index contributed by atoms with van der Waals surface area (Å²) in [6, 6.07) is 25.1. The summed E-state index contributed by atoms with van der Waals surface area (Å²) < 4.78 is 0. The van der Waals surface area contributed by atoms with Gasteiger partial charge in [0.15, 0.2) is 0 Å². The molecule has 0 fully saturated rings. The van der Waals surface area contributed by atoms with E-state index in [-0.39, 0.29) is 11.9 Å². The summed E-state index contributed by atoms with van der Waals surface area (Å²) in [5, 5.41) is 0. The van der Waals surface area contributed by atoms with E-state index in [2.05, 4.69) is 56.3 Å². The molecule has 0 saturated carbocycles. The second kappa shape index (κ2) is 8.46. The molecule has 0 aliphatic carbocycles. The third-order valence-electron chi connectivity index (χ3n) is 4.98. The minimum atomic E-state index is 0.0628. The number of fused-ring (bicyclic) bond motifs is 1. The molecule has 4 rings (SSSR count). The van der Waals surface area contributed by atoms with Crippen LogP contribution in [0.15, 0.2) is 82.6 Å². The Balaban J connectivity index is 1.63. The fourth-order valence-electron chi connectivity index (χ4n) is 3.49. The van der Waals surface area contributed by atoms with E-state index >= 15 is 0 Å². The van der Waals surface area contributed by atoms with Crippen molar-refractivity contribution in [3.63, 3.8) is 0 Å². The minimum Gasteiger partial charge on any atom is -0.302 e. The number of hydrogen-bond acceptors (Lipinski definition) is 3. The van der Waals surface area contributed by atoms with E-state index in [1.54, 1.807) is 11.8 Å². The Morgan fingerprint density at radius 1 is 1.04 bits per heavy atom. The van der Waals surface area contributed by atoms with Gasteiger partial charge in [0.2, 0.25) is 5.91 Å². The molecule has 1 aliphatic rings. The molecule has 1 atom stereocenters. The van der Waals surface area contributed by atoms with Crippen LogP contribution in [0.3, 0.4) is 0 Å². The lowest BCUT2D eigenvalue weighted by Gasteiger charge is -2.37. The lowest BCUT2D eigenvalue weighted by molar-refractivity contribution is -0.116. The maximum Gasteiger partial charge on any atom is 0.237 e. The zero-order valence-corrected chi connectivity index (χ0v) is 17.7. The number of aryl methyl sites for hydroxylation is 2. The van der Waals surface area contributed by atoms with Gasteiger partial charge >= 0.3 is 0 Å². The third kappa shape index (κ3) is 3.98. The average molecular weight is 406 g/mol. The SMILES string of the molecule is Cc1ccc(C)c(SCC(=O)N2c3ccccc3SC[C@H]2c2ccccc2)c1. The van der Waals surface area contributed by atoms with Crippen molar-refractivity contribution in [3.05, 3.63) is 89.5 Å². The van der Waals surface area contributed by atoms with Gasteiger partial charge in [-0.05, 0) is 43.2 Å². The van der Waals surface area contributed by atoms with Gasteiger partial charge < -0.3 is 4.90 Å². The first-order valence-electron chi connectivity index (χ1n) is 9.42. The van der Waals surface area contributed by atoms with Crippen molar-refractivity contribution >= 4 is 35.1 Å². The highest BCUT2D eigenvalue weighted by Gasteiger charge is 2.32. The van der Waals surface area contributed by atoms with Crippen LogP contribution in [-0.4, -0.2) is 17.4 Å². The van der Waals surface area contributed by atoms with Crippen molar-refractivity contribution in [2.45, 2.75) is 29.7 Å². The summed E-state index contributed by atoms with van der Waals surface area (Å²) in [6.45, 7) is 4.20. The molecule has 0 radical (unpaired) electrons. The molecule has 4 heteroatoms. The summed E-state index contributed by atoms with van der Waals surface area (Å²) in [5.41, 5.74) is 4.66. The van der Waals surface area contributed by atoms with Gasteiger partial charge in [0.1, 0.15) is 0 Å². The summed E-state index contributed by atoms with van der Waals surface area (Å²) in [7, 11) is 0. The summed E-state index contributed by atoms with van der Waals surface area (Å²) >= 11 is 3.47. The van der Waals surface area contributed by atoms with Crippen LogP contribution in [0.4, 0.5) is 5.69 Å². The van der Waals surface area contributed by atoms with Gasteiger partial charge in [-0.3, -0.25) is 4.79 Å². The van der Waals surface area contributed by atoms with Crippen LogP contribution in [0, 0.1) is 13.8 Å². The second-order valence-electron chi connectivity index (χ2n) is 7.03. The van der Waals surface area contributed by atoms with Crippen LogP contribution >= 0.6 is 23.5 Å². The molecule has 1 heterocycles. The number of amides is 1. The maximum atomic E-state index is 13.4. The van der Waals surface area contributed by atoms with Crippen molar-refractivity contribution in [2.24, 2.45) is 0 Å². The van der Waals surface area contributed by atoms with Crippen LogP contribution in [0.2, 0.25) is 0 Å². The molecule has 2 nitrogen and oxygen atoms in total. The molecule has 0 N–H and O–H groups in total. The van der Waals surface area contributed by atoms with E-state index in [9.17, 15) is 4.79 Å². The Labute approximate surface area is 175 Å². The topological polar surface area (TPSA) is 20.3 Å². The lowest BCUT2D eigenvalue weighted by atomic mass is 10.1. The molecule has 1 aliphatic heterocycles. The van der Waals surface area contributed by atoms with Gasteiger partial charge in [0.05, 0.1) is 17.5 Å². The van der Waals surface area contributed by atoms with Crippen LogP contribution in [0.1, 0.15) is 22.7 Å². The molecule has 28 heavy (non-hydrogen) atoms. The first-order valence-corrected chi connectivity index (χ1v) is 11.4. The number of carbonyl (C=O) groups excluding carboxylic acids is 1. The highest BCUT2D eigenvalue weighted by molar-refractivity contribution is 8.00. The number of rotatable bonds is 4. The van der Waals surface area contributed by atoms with Crippen molar-refractivity contribution in [3.8, 4) is 0 Å². The van der Waals surface area contributed by atoms with Crippen LogP contribution in [0.25, 0.3) is 0 Å². The number of hydrogen-bond donors (Lipinski definition) is 0. The predicted octanol–water partition coefficient (Wildman–Crippen LogP) is 6.28. The Bertz CT molecular complexity index is 987. The van der Waals surface area contributed by atoms with E-state index in [1.165, 1.54) is 26.5 Å². The summed E-state index contributed by atoms with van der Waals surface area (Å²) in [5.74, 6) is 1.47. The molecule has 0 bridgehead atoms. The zero-order valence-electron chi connectivity index (χ0n) is 16.1. The quantitative estimate of drug-likeness (QED) is 0.477. The average Bonchev–Trinajstić information content (AvgIpc) is 2.74. The number of anilines is 1. The van der Waals surface area contributed by atoms with Gasteiger partial charge in [-0.2, -0.15) is 0 Å². The second-order valence-corrected chi connectivity index (χ2v) is 9.11. The molecule has 0 aromatic heterocycles. The van der Waals surface area contributed by atoms with E-state index in [4.69, 9.17) is 0 Å². The molecule has 1 amide bonds. The van der Waals surface area contributed by atoms with Crippen molar-refractivity contribution in [2.75, 3.05) is 16.4 Å². The first-order chi connectivity index (χ1) is 13.6. The largest absolute Gasteiger partial charge is 0.302 e. The molecular formula is C24H23NOS2. The third-order valence-corrected chi connectivity index (χ3v) is 7.26. The Hall–Kier alpha value is -2.17. The zero-order chi connectivity index (χ0) is 19.5. The highest BCUT2D eigenvalue weighted by Crippen LogP contribution is 2.43. The van der Waals surface area contributed by atoms with E-state index in [1.807, 2.05) is 47.0 Å². The molecule has 0 spiro atoms. The minimum absolute atomic E-state index is 0.0628. The lowest BCUT2D eigenvalue weighted by Crippen LogP contribution is -2.39. The molecule has 0 unspecified atom stereocenters. The Kier molecular flexibility index (Phi) is 5.79. The van der Waals surface area contributed by atoms with E-state index in [0.29, 0.717) is 5.75 Å². The molecular weight excluding hydrogens is 382 g/mol. The van der Waals surface area contributed by atoms with E-state index in [0.717, 1.165) is 11.4 Å². The molecule has 142 valence electrons. The smallest absolute Gasteiger partial charge is 0.237 e. The Morgan fingerprint density at radius 3 is 2.61 bits per heavy atom. The van der Waals surface area contributed by atoms with Crippen LogP contribution in [0.5, 0.6) is 0 Å². The van der Waals surface area contributed by atoms with Crippen molar-refractivity contribution in [1.29, 1.82) is 0 Å². The molecule has 0 saturated heterocycles. The first kappa shape index (κ1) is 19.2. The fourth-order valence-corrected chi connectivity index (χ4v) is 5.64. The number of para-hydroxylation sites is 1. The molecule has 3 aromatic rings. The van der Waals surface area contributed by atoms with Crippen molar-refractivity contribution in [1.82, 2.24) is 0 Å². The summed E-state index contributed by atoms with van der Waals surface area (Å²) in [6.07, 6.45) is 0. The predicted molar refractivity (Wildman–Crippen MR) is 120 cm³/mol. The number of carbonyl (C=O) groups is 1. The van der Waals surface area contributed by atoms with Crippen LogP contribution < -0.4 is 4.90 Å². The number of thioether (sulfide) groups is 2. The maximum absolute atomic E-state index is 13.4. The van der Waals surface area contributed by atoms with Crippen molar-refractivity contribution < 1.29 is 4.79 Å². The van der Waals surface area contributed by atoms with E-state index < -0.39 is 0 Å². The fraction of sp³-hybridized carbons (Fsp3) is 0.208. The van der Waals surface area contributed by atoms with Crippen LogP contribution in [-0.2, 0) is 4.79 Å².